The highest BCUT2D eigenvalue weighted by Crippen LogP contribution is 2.46. The monoisotopic (exact) mass is 421 g/mol. The number of ether oxygens (including phenoxy) is 2. The van der Waals surface area contributed by atoms with Crippen molar-refractivity contribution in [2.24, 2.45) is 0 Å². The fourth-order valence-electron chi connectivity index (χ4n) is 4.44. The van der Waals surface area contributed by atoms with Crippen molar-refractivity contribution < 1.29 is 14.3 Å². The largest absolute Gasteiger partial charge is 0.494 e. The Morgan fingerprint density at radius 2 is 2.10 bits per heavy atom. The number of nitrogens with one attached hydrogen (secondary N) is 2. The van der Waals surface area contributed by atoms with Crippen molar-refractivity contribution in [1.29, 1.82) is 0 Å². The van der Waals surface area contributed by atoms with E-state index in [0.29, 0.717) is 18.2 Å². The Morgan fingerprint density at radius 1 is 1.26 bits per heavy atom. The Balaban J connectivity index is 1.67. The quantitative estimate of drug-likeness (QED) is 0.669. The molecule has 0 radical (unpaired) electrons. The molecule has 4 heterocycles. The molecule has 9 heteroatoms. The first-order chi connectivity index (χ1) is 14.9. The molecule has 1 aromatic carbocycles. The van der Waals surface area contributed by atoms with Crippen LogP contribution in [0.2, 0.25) is 0 Å². The summed E-state index contributed by atoms with van der Waals surface area (Å²) in [5, 5.41) is 14.0. The van der Waals surface area contributed by atoms with Gasteiger partial charge in [-0.2, -0.15) is 14.9 Å². The number of benzene rings is 1. The molecule has 31 heavy (non-hydrogen) atoms. The Bertz CT molecular complexity index is 1220. The number of aromatic amines is 1. The summed E-state index contributed by atoms with van der Waals surface area (Å²) in [5.41, 5.74) is 3.38. The lowest BCUT2D eigenvalue weighted by molar-refractivity contribution is -0.116. The zero-order valence-corrected chi connectivity index (χ0v) is 17.6. The molecule has 2 aromatic heterocycles. The maximum Gasteiger partial charge on any atom is 0.264 e. The molecular weight excluding hydrogens is 398 g/mol. The van der Waals surface area contributed by atoms with E-state index in [-0.39, 0.29) is 29.9 Å². The van der Waals surface area contributed by atoms with E-state index in [4.69, 9.17) is 9.47 Å². The van der Waals surface area contributed by atoms with Crippen LogP contribution in [0.15, 0.2) is 29.1 Å². The normalized spacial score (nSPS) is 19.4. The van der Waals surface area contributed by atoms with Crippen LogP contribution in [-0.2, 0) is 11.2 Å². The number of H-pyrrole nitrogens is 1. The van der Waals surface area contributed by atoms with Gasteiger partial charge in [-0.25, -0.2) is 5.10 Å². The number of hydrogen-bond acceptors (Lipinski definition) is 6. The predicted octanol–water partition coefficient (Wildman–Crippen LogP) is 2.46. The molecule has 9 nitrogen and oxygen atoms in total. The van der Waals surface area contributed by atoms with Crippen LogP contribution in [0.5, 0.6) is 11.5 Å². The highest BCUT2D eigenvalue weighted by Gasteiger charge is 2.36. The fraction of sp³-hybridized carbons (Fsp3) is 0.364. The summed E-state index contributed by atoms with van der Waals surface area (Å²) in [5.74, 6) is 2.20. The van der Waals surface area contributed by atoms with Crippen LogP contribution in [0.25, 0.3) is 5.82 Å². The Hall–Kier alpha value is -3.62. The number of carbonyl (C=O) groups is 1. The first-order valence-corrected chi connectivity index (χ1v) is 10.4. The number of aromatic nitrogens is 4. The van der Waals surface area contributed by atoms with Gasteiger partial charge in [0.1, 0.15) is 23.4 Å². The van der Waals surface area contributed by atoms with Crippen LogP contribution in [0.1, 0.15) is 48.6 Å². The molecule has 0 spiro atoms. The van der Waals surface area contributed by atoms with Gasteiger partial charge in [0.25, 0.3) is 5.56 Å². The molecular formula is C22H23N5O4. The van der Waals surface area contributed by atoms with Gasteiger partial charge in [0.15, 0.2) is 5.82 Å². The third-order valence-corrected chi connectivity index (χ3v) is 5.69. The molecule has 0 saturated heterocycles. The lowest BCUT2D eigenvalue weighted by Crippen LogP contribution is -2.25. The van der Waals surface area contributed by atoms with E-state index in [2.05, 4.69) is 20.6 Å². The average Bonchev–Trinajstić information content (AvgIpc) is 3.26. The van der Waals surface area contributed by atoms with Gasteiger partial charge in [0, 0.05) is 41.5 Å². The van der Waals surface area contributed by atoms with Gasteiger partial charge < -0.3 is 14.8 Å². The van der Waals surface area contributed by atoms with E-state index in [1.54, 1.807) is 10.7 Å². The summed E-state index contributed by atoms with van der Waals surface area (Å²) in [4.78, 5) is 24.1. The zero-order valence-electron chi connectivity index (χ0n) is 17.6. The Labute approximate surface area is 178 Å². The number of amides is 1. The summed E-state index contributed by atoms with van der Waals surface area (Å²) >= 11 is 0. The molecule has 1 amide bonds. The topological polar surface area (TPSA) is 111 Å². The second kappa shape index (κ2) is 7.26. The van der Waals surface area contributed by atoms with Gasteiger partial charge in [0.2, 0.25) is 5.91 Å². The number of hydrogen-bond donors (Lipinski definition) is 2. The highest BCUT2D eigenvalue weighted by molar-refractivity contribution is 5.95. The van der Waals surface area contributed by atoms with E-state index in [1.165, 1.54) is 6.07 Å². The molecule has 2 N–H and O–H groups in total. The van der Waals surface area contributed by atoms with Crippen LogP contribution < -0.4 is 20.3 Å². The fourth-order valence-corrected chi connectivity index (χ4v) is 4.44. The van der Waals surface area contributed by atoms with Crippen LogP contribution in [0.3, 0.4) is 0 Å². The van der Waals surface area contributed by atoms with E-state index in [9.17, 15) is 9.59 Å². The summed E-state index contributed by atoms with van der Waals surface area (Å²) in [6.07, 6.45) is 1.22. The van der Waals surface area contributed by atoms with Crippen LogP contribution in [0, 0.1) is 6.92 Å². The highest BCUT2D eigenvalue weighted by atomic mass is 16.5. The molecule has 3 aromatic rings. The minimum Gasteiger partial charge on any atom is -0.494 e. The first kappa shape index (κ1) is 19.3. The van der Waals surface area contributed by atoms with Crippen molar-refractivity contribution in [3.8, 4) is 17.3 Å². The van der Waals surface area contributed by atoms with E-state index >= 15 is 0 Å². The second-order valence-corrected chi connectivity index (χ2v) is 7.91. The third kappa shape index (κ3) is 3.26. The SMILES string of the molecule is CCOc1cc2c(cc1[C@@H]1CC(=O)Nc3c1c(C)nn3-c1ccc(=O)[nH]n1)O[C@@H](C)C2. The lowest BCUT2D eigenvalue weighted by atomic mass is 9.84. The molecule has 0 bridgehead atoms. The van der Waals surface area contributed by atoms with Gasteiger partial charge in [0.05, 0.1) is 12.3 Å². The molecule has 2 atom stereocenters. The third-order valence-electron chi connectivity index (χ3n) is 5.69. The van der Waals surface area contributed by atoms with Crippen molar-refractivity contribution >= 4 is 11.7 Å². The molecule has 0 saturated carbocycles. The first-order valence-electron chi connectivity index (χ1n) is 10.4. The standard InChI is InChI=1S/C22H23N5O4/c1-4-30-17-8-13-7-11(2)31-16(13)9-14(17)15-10-20(29)23-22-21(15)12(3)26-27(22)18-5-6-19(28)25-24-18/h5-6,8-9,11,15H,4,7,10H2,1-3H3,(H,23,29)(H,25,28)/t11-,15-/m0/s1. The lowest BCUT2D eigenvalue weighted by Gasteiger charge is -2.26. The number of anilines is 1. The van der Waals surface area contributed by atoms with Crippen molar-refractivity contribution in [2.75, 3.05) is 11.9 Å². The zero-order chi connectivity index (χ0) is 21.7. The van der Waals surface area contributed by atoms with Crippen LogP contribution in [-0.4, -0.2) is 38.6 Å². The van der Waals surface area contributed by atoms with Crippen LogP contribution >= 0.6 is 0 Å². The van der Waals surface area contributed by atoms with Gasteiger partial charge in [-0.3, -0.25) is 9.59 Å². The second-order valence-electron chi connectivity index (χ2n) is 7.91. The maximum atomic E-state index is 12.7. The van der Waals surface area contributed by atoms with E-state index in [0.717, 1.165) is 40.3 Å². The number of rotatable bonds is 4. The van der Waals surface area contributed by atoms with Gasteiger partial charge in [-0.05, 0) is 39.0 Å². The van der Waals surface area contributed by atoms with Gasteiger partial charge in [-0.1, -0.05) is 0 Å². The molecule has 160 valence electrons. The van der Waals surface area contributed by atoms with E-state index in [1.807, 2.05) is 32.9 Å². The number of nitrogens with zero attached hydrogens (tertiary/aromatic N) is 3. The summed E-state index contributed by atoms with van der Waals surface area (Å²) in [7, 11) is 0. The predicted molar refractivity (Wildman–Crippen MR) is 113 cm³/mol. The maximum absolute atomic E-state index is 12.7. The van der Waals surface area contributed by atoms with Crippen molar-refractivity contribution in [2.45, 2.75) is 45.6 Å². The molecule has 0 unspecified atom stereocenters. The number of carbonyl (C=O) groups excluding carboxylic acids is 1. The minimum absolute atomic E-state index is 0.112. The van der Waals surface area contributed by atoms with E-state index < -0.39 is 0 Å². The molecule has 0 fully saturated rings. The molecule has 5 rings (SSSR count). The van der Waals surface area contributed by atoms with Gasteiger partial charge in [-0.15, -0.1) is 0 Å². The van der Waals surface area contributed by atoms with Crippen LogP contribution in [0.4, 0.5) is 5.82 Å². The Kier molecular flexibility index (Phi) is 4.53. The summed E-state index contributed by atoms with van der Waals surface area (Å²) in [6, 6.07) is 6.98. The minimum atomic E-state index is -0.308. The number of fused-ring (bicyclic) bond motifs is 2. The summed E-state index contributed by atoms with van der Waals surface area (Å²) < 4.78 is 13.5. The molecule has 2 aliphatic rings. The average molecular weight is 421 g/mol. The van der Waals surface area contributed by atoms with Crippen molar-refractivity contribution in [3.63, 3.8) is 0 Å². The van der Waals surface area contributed by atoms with Crippen molar-refractivity contribution in [1.82, 2.24) is 20.0 Å². The van der Waals surface area contributed by atoms with Crippen molar-refractivity contribution in [3.05, 3.63) is 57.0 Å². The summed E-state index contributed by atoms with van der Waals surface area (Å²) in [6.45, 7) is 6.41. The molecule has 2 aliphatic heterocycles. The molecule has 0 aliphatic carbocycles. The smallest absolute Gasteiger partial charge is 0.264 e. The Morgan fingerprint density at radius 3 is 2.84 bits per heavy atom. The van der Waals surface area contributed by atoms with Gasteiger partial charge >= 0.3 is 0 Å². The number of aryl methyl sites for hydroxylation is 1.